The lowest BCUT2D eigenvalue weighted by Crippen LogP contribution is -2.10. The lowest BCUT2D eigenvalue weighted by molar-refractivity contribution is 0.0698. The molecule has 0 fully saturated rings. The molecule has 0 aliphatic heterocycles. The Morgan fingerprint density at radius 1 is 1.53 bits per heavy atom. The van der Waals surface area contributed by atoms with Gasteiger partial charge in [-0.15, -0.1) is 12.4 Å². The van der Waals surface area contributed by atoms with Gasteiger partial charge in [0.05, 0.1) is 10.9 Å². The lowest BCUT2D eigenvalue weighted by Gasteiger charge is -1.98. The number of hydrogen-bond donors (Lipinski definition) is 2. The number of hydrogen-bond acceptors (Lipinski definition) is 5. The Morgan fingerprint density at radius 3 is 2.94 bits per heavy atom. The van der Waals surface area contributed by atoms with Crippen LogP contribution in [0.5, 0.6) is 5.95 Å². The summed E-state index contributed by atoms with van der Waals surface area (Å²) in [7, 11) is 0. The number of benzene rings is 1. The molecule has 2 aromatic rings. The van der Waals surface area contributed by atoms with Crippen molar-refractivity contribution in [3.63, 3.8) is 0 Å². The van der Waals surface area contributed by atoms with Crippen LogP contribution in [-0.4, -0.2) is 29.4 Å². The third kappa shape index (κ3) is 2.48. The molecular formula is C10H11ClN2O4. The number of nitrogens with zero attached hydrogens (tertiary/aromatic N) is 1. The normalized spacial score (nSPS) is 9.94. The van der Waals surface area contributed by atoms with Gasteiger partial charge in [-0.2, -0.15) is 0 Å². The second-order valence-corrected chi connectivity index (χ2v) is 3.11. The fraction of sp³-hybridized carbons (Fsp3) is 0.200. The summed E-state index contributed by atoms with van der Waals surface area (Å²) in [6.07, 6.45) is 0. The number of nitrogens with two attached hydrogens (primary N) is 1. The standard InChI is InChI=1S/C10H10N2O4.ClH/c11-4-5-15-10-7-3-1-2-6(9(13)14)8(7)12-16-10;/h1-3H,4-5,11H2,(H,13,14);1H. The Kier molecular flexibility index (Phi) is 4.30. The number of halogens is 1. The van der Waals surface area contributed by atoms with Crippen LogP contribution in [0.15, 0.2) is 22.7 Å². The Balaban J connectivity index is 0.00000144. The number of ether oxygens (including phenoxy) is 1. The van der Waals surface area contributed by atoms with E-state index in [1.54, 1.807) is 12.1 Å². The van der Waals surface area contributed by atoms with Crippen LogP contribution in [0.25, 0.3) is 10.9 Å². The van der Waals surface area contributed by atoms with Gasteiger partial charge >= 0.3 is 11.9 Å². The number of carboxylic acid groups (broad SMARTS) is 1. The number of carboxylic acids is 1. The highest BCUT2D eigenvalue weighted by Gasteiger charge is 2.16. The highest BCUT2D eigenvalue weighted by Crippen LogP contribution is 2.27. The minimum absolute atomic E-state index is 0. The summed E-state index contributed by atoms with van der Waals surface area (Å²) in [4.78, 5) is 10.9. The van der Waals surface area contributed by atoms with Crippen molar-refractivity contribution in [3.8, 4) is 5.95 Å². The molecule has 3 N–H and O–H groups in total. The summed E-state index contributed by atoms with van der Waals surface area (Å²) < 4.78 is 10.1. The molecule has 2 rings (SSSR count). The highest BCUT2D eigenvalue weighted by molar-refractivity contribution is 6.02. The maximum atomic E-state index is 10.9. The molecule has 6 nitrogen and oxygen atoms in total. The van der Waals surface area contributed by atoms with Crippen LogP contribution in [0.2, 0.25) is 0 Å². The summed E-state index contributed by atoms with van der Waals surface area (Å²) in [5.74, 6) is -0.854. The topological polar surface area (TPSA) is 98.6 Å². The van der Waals surface area contributed by atoms with E-state index in [4.69, 9.17) is 20.1 Å². The van der Waals surface area contributed by atoms with Crippen molar-refractivity contribution in [3.05, 3.63) is 23.8 Å². The number of rotatable bonds is 4. The number of aromatic nitrogens is 1. The van der Waals surface area contributed by atoms with Crippen LogP contribution in [0.4, 0.5) is 0 Å². The van der Waals surface area contributed by atoms with Crippen molar-refractivity contribution in [1.82, 2.24) is 5.16 Å². The van der Waals surface area contributed by atoms with Gasteiger partial charge < -0.3 is 20.1 Å². The van der Waals surface area contributed by atoms with Crippen LogP contribution in [0.1, 0.15) is 10.4 Å². The highest BCUT2D eigenvalue weighted by atomic mass is 35.5. The molecule has 92 valence electrons. The van der Waals surface area contributed by atoms with Crippen molar-refractivity contribution in [2.45, 2.75) is 0 Å². The van der Waals surface area contributed by atoms with Gasteiger partial charge in [0.15, 0.2) is 0 Å². The molecule has 0 saturated heterocycles. The molecule has 0 aliphatic carbocycles. The van der Waals surface area contributed by atoms with Crippen LogP contribution >= 0.6 is 12.4 Å². The van der Waals surface area contributed by atoms with Gasteiger partial charge in [-0.3, -0.25) is 0 Å². The van der Waals surface area contributed by atoms with Crippen LogP contribution in [-0.2, 0) is 0 Å². The SMILES string of the molecule is Cl.NCCOc1onc2c(C(=O)O)cccc12. The van der Waals surface area contributed by atoms with Gasteiger partial charge in [0.25, 0.3) is 0 Å². The summed E-state index contributed by atoms with van der Waals surface area (Å²) >= 11 is 0. The zero-order valence-corrected chi connectivity index (χ0v) is 9.57. The Hall–Kier alpha value is -1.79. The average Bonchev–Trinajstić information content (AvgIpc) is 2.69. The first-order chi connectivity index (χ1) is 7.74. The smallest absolute Gasteiger partial charge is 0.338 e. The fourth-order valence-electron chi connectivity index (χ4n) is 1.37. The summed E-state index contributed by atoms with van der Waals surface area (Å²) in [5.41, 5.74) is 5.65. The van der Waals surface area contributed by atoms with Crippen molar-refractivity contribution < 1.29 is 19.2 Å². The van der Waals surface area contributed by atoms with Gasteiger partial charge in [-0.1, -0.05) is 11.2 Å². The molecule has 0 unspecified atom stereocenters. The summed E-state index contributed by atoms with van der Waals surface area (Å²) in [6, 6.07) is 4.75. The van der Waals surface area contributed by atoms with E-state index in [2.05, 4.69) is 5.16 Å². The predicted octanol–water partition coefficient (Wildman–Crippen LogP) is 1.29. The third-order valence-corrected chi connectivity index (χ3v) is 2.06. The molecule has 0 spiro atoms. The van der Waals surface area contributed by atoms with E-state index >= 15 is 0 Å². The molecule has 0 amide bonds. The van der Waals surface area contributed by atoms with E-state index in [-0.39, 0.29) is 29.4 Å². The maximum Gasteiger partial charge on any atom is 0.338 e. The van der Waals surface area contributed by atoms with E-state index in [0.29, 0.717) is 18.5 Å². The molecule has 0 atom stereocenters. The fourth-order valence-corrected chi connectivity index (χ4v) is 1.37. The van der Waals surface area contributed by atoms with E-state index in [1.165, 1.54) is 6.07 Å². The molecule has 0 aliphatic rings. The van der Waals surface area contributed by atoms with Crippen molar-refractivity contribution in [2.24, 2.45) is 5.73 Å². The third-order valence-electron chi connectivity index (χ3n) is 2.06. The molecule has 1 aromatic carbocycles. The maximum absolute atomic E-state index is 10.9. The zero-order valence-electron chi connectivity index (χ0n) is 8.75. The monoisotopic (exact) mass is 258 g/mol. The van der Waals surface area contributed by atoms with Gasteiger partial charge in [-0.05, 0) is 12.1 Å². The summed E-state index contributed by atoms with van der Waals surface area (Å²) in [5, 5.41) is 13.1. The van der Waals surface area contributed by atoms with E-state index in [0.717, 1.165) is 0 Å². The molecule has 1 heterocycles. The first kappa shape index (κ1) is 13.3. The first-order valence-electron chi connectivity index (χ1n) is 4.68. The first-order valence-corrected chi connectivity index (χ1v) is 4.68. The van der Waals surface area contributed by atoms with Gasteiger partial charge in [0.2, 0.25) is 0 Å². The molecule has 17 heavy (non-hydrogen) atoms. The van der Waals surface area contributed by atoms with Crippen molar-refractivity contribution in [1.29, 1.82) is 0 Å². The molecule has 0 saturated carbocycles. The van der Waals surface area contributed by atoms with E-state index in [9.17, 15) is 4.79 Å². The van der Waals surface area contributed by atoms with Crippen molar-refractivity contribution in [2.75, 3.05) is 13.2 Å². The number of fused-ring (bicyclic) bond motifs is 1. The van der Waals surface area contributed by atoms with Crippen LogP contribution < -0.4 is 10.5 Å². The van der Waals surface area contributed by atoms with Crippen LogP contribution in [0, 0.1) is 0 Å². The molecule has 7 heteroatoms. The van der Waals surface area contributed by atoms with E-state index in [1.807, 2.05) is 0 Å². The average molecular weight is 259 g/mol. The minimum atomic E-state index is -1.05. The van der Waals surface area contributed by atoms with Crippen molar-refractivity contribution >= 4 is 29.3 Å². The lowest BCUT2D eigenvalue weighted by atomic mass is 10.1. The second kappa shape index (κ2) is 5.51. The Morgan fingerprint density at radius 2 is 2.29 bits per heavy atom. The predicted molar refractivity (Wildman–Crippen MR) is 62.8 cm³/mol. The zero-order chi connectivity index (χ0) is 11.5. The van der Waals surface area contributed by atoms with Gasteiger partial charge in [-0.25, -0.2) is 4.79 Å². The van der Waals surface area contributed by atoms with Gasteiger partial charge in [0.1, 0.15) is 12.1 Å². The summed E-state index contributed by atoms with van der Waals surface area (Å²) in [6.45, 7) is 0.641. The quantitative estimate of drug-likeness (QED) is 0.857. The largest absolute Gasteiger partial charge is 0.478 e. The number of carbonyl (C=O) groups is 1. The molecule has 0 radical (unpaired) electrons. The molecular weight excluding hydrogens is 248 g/mol. The molecule has 1 aromatic heterocycles. The van der Waals surface area contributed by atoms with Crippen LogP contribution in [0.3, 0.4) is 0 Å². The Labute approximate surface area is 103 Å². The molecule has 0 bridgehead atoms. The Bertz CT molecular complexity index is 526. The second-order valence-electron chi connectivity index (χ2n) is 3.11. The minimum Gasteiger partial charge on any atom is -0.478 e. The van der Waals surface area contributed by atoms with E-state index < -0.39 is 5.97 Å². The number of aromatic carboxylic acids is 1. The van der Waals surface area contributed by atoms with Gasteiger partial charge in [0, 0.05) is 6.54 Å².